The van der Waals surface area contributed by atoms with Gasteiger partial charge in [-0.1, -0.05) is 18.2 Å². The van der Waals surface area contributed by atoms with Crippen molar-refractivity contribution in [1.82, 2.24) is 14.1 Å². The number of piperazine rings is 1. The number of carbonyl (C=O) groups is 2. The number of carbonyl (C=O) groups excluding carboxylic acids is 2. The molecule has 0 N–H and O–H groups in total. The molecule has 3 rings (SSSR count). The number of halogens is 1. The molecule has 2 amide bonds. The maximum atomic E-state index is 14.1. The highest BCUT2D eigenvalue weighted by Gasteiger charge is 2.29. The normalized spacial score (nSPS) is 16.1. The molecule has 7 nitrogen and oxygen atoms in total. The van der Waals surface area contributed by atoms with Crippen molar-refractivity contribution in [2.75, 3.05) is 33.2 Å². The second-order valence-corrected chi connectivity index (χ2v) is 9.49. The van der Waals surface area contributed by atoms with Crippen LogP contribution in [-0.2, 0) is 14.8 Å². The number of sulfonamides is 1. The molecule has 1 fully saturated rings. The minimum absolute atomic E-state index is 0.0753. The second-order valence-electron chi connectivity index (χ2n) is 7.55. The summed E-state index contributed by atoms with van der Waals surface area (Å²) < 4.78 is 41.2. The molecule has 2 aromatic carbocycles. The number of hydrogen-bond acceptors (Lipinski definition) is 4. The van der Waals surface area contributed by atoms with Gasteiger partial charge in [0.2, 0.25) is 15.9 Å². The van der Waals surface area contributed by atoms with E-state index in [1.165, 1.54) is 46.5 Å². The van der Waals surface area contributed by atoms with Crippen LogP contribution in [0.15, 0.2) is 53.4 Å². The van der Waals surface area contributed by atoms with Crippen LogP contribution in [0.2, 0.25) is 0 Å². The lowest BCUT2D eigenvalue weighted by Gasteiger charge is -2.33. The summed E-state index contributed by atoms with van der Waals surface area (Å²) in [4.78, 5) is 27.4. The van der Waals surface area contributed by atoms with Gasteiger partial charge in [0.15, 0.2) is 0 Å². The summed E-state index contributed by atoms with van der Waals surface area (Å²) in [6, 6.07) is 11.5. The van der Waals surface area contributed by atoms with E-state index in [2.05, 4.69) is 0 Å². The van der Waals surface area contributed by atoms with Gasteiger partial charge in [-0.05, 0) is 37.3 Å². The van der Waals surface area contributed by atoms with Crippen LogP contribution in [0.3, 0.4) is 0 Å². The number of hydrogen-bond donors (Lipinski definition) is 0. The smallest absolute Gasteiger partial charge is 0.254 e. The third kappa shape index (κ3) is 4.77. The maximum absolute atomic E-state index is 14.1. The van der Waals surface area contributed by atoms with E-state index >= 15 is 0 Å². The van der Waals surface area contributed by atoms with Gasteiger partial charge in [-0.2, -0.15) is 4.31 Å². The summed E-state index contributed by atoms with van der Waals surface area (Å²) in [5.74, 6) is -0.801. The van der Waals surface area contributed by atoms with E-state index in [0.717, 1.165) is 0 Å². The molecule has 1 saturated heterocycles. The average Bonchev–Trinajstić information content (AvgIpc) is 2.78. The zero-order chi connectivity index (χ0) is 22.8. The van der Waals surface area contributed by atoms with Crippen molar-refractivity contribution in [1.29, 1.82) is 0 Å². The molecule has 31 heavy (non-hydrogen) atoms. The average molecular weight is 448 g/mol. The molecule has 0 bridgehead atoms. The van der Waals surface area contributed by atoms with E-state index in [1.54, 1.807) is 37.1 Å². The maximum Gasteiger partial charge on any atom is 0.254 e. The Morgan fingerprint density at radius 2 is 1.58 bits per heavy atom. The first kappa shape index (κ1) is 22.9. The van der Waals surface area contributed by atoms with E-state index < -0.39 is 16.1 Å². The van der Waals surface area contributed by atoms with Crippen molar-refractivity contribution in [3.63, 3.8) is 0 Å². The Kier molecular flexibility index (Phi) is 6.76. The second kappa shape index (κ2) is 9.15. The summed E-state index contributed by atoms with van der Waals surface area (Å²) >= 11 is 0. The van der Waals surface area contributed by atoms with Crippen molar-refractivity contribution >= 4 is 21.8 Å². The van der Waals surface area contributed by atoms with Crippen molar-refractivity contribution in [3.05, 3.63) is 65.5 Å². The fourth-order valence-electron chi connectivity index (χ4n) is 3.56. The summed E-state index contributed by atoms with van der Waals surface area (Å²) in [6.45, 7) is 4.35. The summed E-state index contributed by atoms with van der Waals surface area (Å²) in [7, 11) is -2.14. The Labute approximate surface area is 182 Å². The molecular weight excluding hydrogens is 421 g/mol. The summed E-state index contributed by atoms with van der Waals surface area (Å²) in [5.41, 5.74) is 0.716. The summed E-state index contributed by atoms with van der Waals surface area (Å²) in [6.07, 6.45) is 0. The fraction of sp³-hybridized carbons (Fsp3) is 0.364. The SMILES string of the molecule is CC(=O)N1CCN(S(=O)(=O)c2ccc(C(=O)N(C)C(C)c3ccccc3F)cc2)CC1. The van der Waals surface area contributed by atoms with Gasteiger partial charge < -0.3 is 9.80 Å². The van der Waals surface area contributed by atoms with Crippen molar-refractivity contribution in [3.8, 4) is 0 Å². The van der Waals surface area contributed by atoms with E-state index in [4.69, 9.17) is 0 Å². The molecule has 9 heteroatoms. The molecule has 166 valence electrons. The van der Waals surface area contributed by atoms with Gasteiger partial charge in [0.25, 0.3) is 5.91 Å². The van der Waals surface area contributed by atoms with Crippen molar-refractivity contribution in [2.45, 2.75) is 24.8 Å². The van der Waals surface area contributed by atoms with Gasteiger partial charge in [0.05, 0.1) is 10.9 Å². The number of amides is 2. The lowest BCUT2D eigenvalue weighted by Crippen LogP contribution is -2.49. The van der Waals surface area contributed by atoms with Crippen LogP contribution >= 0.6 is 0 Å². The predicted octanol–water partition coefficient (Wildman–Crippen LogP) is 2.51. The van der Waals surface area contributed by atoms with E-state index in [0.29, 0.717) is 24.2 Å². The first-order valence-corrected chi connectivity index (χ1v) is 11.4. The molecule has 0 aliphatic carbocycles. The Balaban J connectivity index is 1.72. The van der Waals surface area contributed by atoms with E-state index in [-0.39, 0.29) is 35.6 Å². The van der Waals surface area contributed by atoms with Gasteiger partial charge in [0.1, 0.15) is 5.82 Å². The van der Waals surface area contributed by atoms with Crippen LogP contribution in [0, 0.1) is 5.82 Å². The van der Waals surface area contributed by atoms with Crippen molar-refractivity contribution < 1.29 is 22.4 Å². The highest BCUT2D eigenvalue weighted by Crippen LogP contribution is 2.24. The number of nitrogens with zero attached hydrogens (tertiary/aromatic N) is 3. The topological polar surface area (TPSA) is 78.0 Å². The Morgan fingerprint density at radius 3 is 2.13 bits per heavy atom. The number of rotatable bonds is 5. The highest BCUT2D eigenvalue weighted by molar-refractivity contribution is 7.89. The molecule has 1 atom stereocenters. The van der Waals surface area contributed by atoms with E-state index in [1.807, 2.05) is 0 Å². The Bertz CT molecular complexity index is 1060. The minimum atomic E-state index is -3.72. The summed E-state index contributed by atoms with van der Waals surface area (Å²) in [5, 5.41) is 0. The van der Waals surface area contributed by atoms with Crippen LogP contribution in [0.5, 0.6) is 0 Å². The Hall–Kier alpha value is -2.78. The Morgan fingerprint density at radius 1 is 1.00 bits per heavy atom. The largest absolute Gasteiger partial charge is 0.340 e. The first-order valence-electron chi connectivity index (χ1n) is 10.00. The van der Waals surface area contributed by atoms with Crippen LogP contribution in [0.25, 0.3) is 0 Å². The lowest BCUT2D eigenvalue weighted by molar-refractivity contribution is -0.129. The first-order chi connectivity index (χ1) is 14.6. The van der Waals surface area contributed by atoms with Gasteiger partial charge in [-0.15, -0.1) is 0 Å². The van der Waals surface area contributed by atoms with Crippen LogP contribution in [0.4, 0.5) is 4.39 Å². The molecular formula is C22H26FN3O4S. The zero-order valence-electron chi connectivity index (χ0n) is 17.8. The van der Waals surface area contributed by atoms with Crippen LogP contribution in [0.1, 0.15) is 35.8 Å². The monoisotopic (exact) mass is 447 g/mol. The number of benzene rings is 2. The molecule has 1 aliphatic rings. The molecule has 1 unspecified atom stereocenters. The third-order valence-electron chi connectivity index (χ3n) is 5.68. The highest BCUT2D eigenvalue weighted by atomic mass is 32.2. The van der Waals surface area contributed by atoms with Crippen LogP contribution < -0.4 is 0 Å². The molecule has 0 radical (unpaired) electrons. The van der Waals surface area contributed by atoms with Gasteiger partial charge in [-0.3, -0.25) is 9.59 Å². The molecule has 1 aliphatic heterocycles. The zero-order valence-corrected chi connectivity index (χ0v) is 18.6. The fourth-order valence-corrected chi connectivity index (χ4v) is 4.99. The van der Waals surface area contributed by atoms with Crippen molar-refractivity contribution in [2.24, 2.45) is 0 Å². The quantitative estimate of drug-likeness (QED) is 0.706. The predicted molar refractivity (Wildman–Crippen MR) is 114 cm³/mol. The van der Waals surface area contributed by atoms with Crippen LogP contribution in [-0.4, -0.2) is 67.6 Å². The van der Waals surface area contributed by atoms with Gasteiger partial charge in [0, 0.05) is 51.3 Å². The van der Waals surface area contributed by atoms with Gasteiger partial charge in [-0.25, -0.2) is 12.8 Å². The third-order valence-corrected chi connectivity index (χ3v) is 7.59. The molecule has 2 aromatic rings. The lowest BCUT2D eigenvalue weighted by atomic mass is 10.1. The molecule has 0 aromatic heterocycles. The minimum Gasteiger partial charge on any atom is -0.340 e. The van der Waals surface area contributed by atoms with E-state index in [9.17, 15) is 22.4 Å². The molecule has 1 heterocycles. The van der Waals surface area contributed by atoms with Gasteiger partial charge >= 0.3 is 0 Å². The molecule has 0 saturated carbocycles. The standard InChI is InChI=1S/C22H26FN3O4S/c1-16(20-6-4-5-7-21(20)23)24(3)22(28)18-8-10-19(11-9-18)31(29,30)26-14-12-25(13-15-26)17(2)27/h4-11,16H,12-15H2,1-3H3. The molecule has 0 spiro atoms.